The Balaban J connectivity index is 1.37. The van der Waals surface area contributed by atoms with Gasteiger partial charge in [0.2, 0.25) is 0 Å². The molecule has 1 aromatic carbocycles. The Morgan fingerprint density at radius 1 is 0.974 bits per heavy atom. The largest absolute Gasteiger partial charge is 0.444 e. The molecule has 1 saturated carbocycles. The highest BCUT2D eigenvalue weighted by Crippen LogP contribution is 2.29. The molecule has 4 N–H and O–H groups in total. The van der Waals surface area contributed by atoms with Gasteiger partial charge in [0.05, 0.1) is 16.8 Å². The van der Waals surface area contributed by atoms with Crippen LogP contribution in [-0.4, -0.2) is 46.6 Å². The third-order valence-electron chi connectivity index (χ3n) is 6.72. The summed E-state index contributed by atoms with van der Waals surface area (Å²) in [6.07, 6.45) is 5.12. The van der Waals surface area contributed by atoms with E-state index in [4.69, 9.17) is 15.5 Å². The minimum Gasteiger partial charge on any atom is -0.444 e. The molecule has 9 heteroatoms. The summed E-state index contributed by atoms with van der Waals surface area (Å²) in [6, 6.07) is 12.6. The van der Waals surface area contributed by atoms with Crippen LogP contribution in [0.1, 0.15) is 67.3 Å². The van der Waals surface area contributed by atoms with E-state index in [1.54, 1.807) is 18.2 Å². The van der Waals surface area contributed by atoms with Crippen LogP contribution in [0.15, 0.2) is 48.7 Å². The molecule has 0 aliphatic heterocycles. The number of hydrogen-bond donors (Lipinski definition) is 3. The second-order valence-corrected chi connectivity index (χ2v) is 10.8. The molecule has 1 aliphatic rings. The monoisotopic (exact) mass is 517 g/mol. The van der Waals surface area contributed by atoms with E-state index in [9.17, 15) is 14.4 Å². The van der Waals surface area contributed by atoms with Gasteiger partial charge in [0, 0.05) is 30.2 Å². The number of pyridine rings is 2. The average Bonchev–Trinajstić information content (AvgIpc) is 2.89. The predicted molar refractivity (Wildman–Crippen MR) is 146 cm³/mol. The van der Waals surface area contributed by atoms with Gasteiger partial charge in [-0.2, -0.15) is 0 Å². The summed E-state index contributed by atoms with van der Waals surface area (Å²) in [5, 5.41) is 6.77. The Hall–Kier alpha value is -4.01. The molecule has 200 valence electrons. The quantitative estimate of drug-likeness (QED) is 0.423. The smallest absolute Gasteiger partial charge is 0.407 e. The Morgan fingerprint density at radius 3 is 2.24 bits per heavy atom. The van der Waals surface area contributed by atoms with Gasteiger partial charge in [-0.15, -0.1) is 0 Å². The Kier molecular flexibility index (Phi) is 8.24. The van der Waals surface area contributed by atoms with Crippen molar-refractivity contribution in [3.63, 3.8) is 0 Å². The van der Waals surface area contributed by atoms with E-state index in [1.807, 2.05) is 45.0 Å². The number of primary amides is 1. The number of hydrogen-bond acceptors (Lipinski definition) is 6. The molecule has 1 aliphatic carbocycles. The molecular formula is C29H35N5O4. The van der Waals surface area contributed by atoms with Gasteiger partial charge in [-0.1, -0.05) is 18.2 Å². The number of nitrogens with one attached hydrogen (secondary N) is 2. The highest BCUT2D eigenvalue weighted by molar-refractivity contribution is 6.07. The second-order valence-electron chi connectivity index (χ2n) is 10.8. The molecule has 3 amide bonds. The van der Waals surface area contributed by atoms with Gasteiger partial charge in [0.1, 0.15) is 11.3 Å². The molecule has 0 radical (unpaired) electrons. The molecular weight excluding hydrogens is 482 g/mol. The molecule has 1 fully saturated rings. The molecule has 0 unspecified atom stereocenters. The molecule has 2 heterocycles. The molecule has 38 heavy (non-hydrogen) atoms. The van der Waals surface area contributed by atoms with Crippen molar-refractivity contribution in [1.82, 2.24) is 20.6 Å². The van der Waals surface area contributed by atoms with Gasteiger partial charge in [0.25, 0.3) is 11.8 Å². The van der Waals surface area contributed by atoms with Crippen molar-refractivity contribution in [1.29, 1.82) is 0 Å². The van der Waals surface area contributed by atoms with Crippen LogP contribution < -0.4 is 16.4 Å². The Labute approximate surface area is 222 Å². The number of amides is 3. The van der Waals surface area contributed by atoms with Gasteiger partial charge < -0.3 is 21.1 Å². The molecule has 4 rings (SSSR count). The van der Waals surface area contributed by atoms with Crippen LogP contribution in [0.2, 0.25) is 0 Å². The zero-order chi connectivity index (χ0) is 27.3. The van der Waals surface area contributed by atoms with E-state index in [-0.39, 0.29) is 17.7 Å². The minimum atomic E-state index is -0.601. The lowest BCUT2D eigenvalue weighted by Gasteiger charge is -2.29. The lowest BCUT2D eigenvalue weighted by Crippen LogP contribution is -2.37. The van der Waals surface area contributed by atoms with Gasteiger partial charge in [-0.3, -0.25) is 14.6 Å². The first-order valence-electron chi connectivity index (χ1n) is 13.0. The zero-order valence-corrected chi connectivity index (χ0v) is 22.1. The van der Waals surface area contributed by atoms with Crippen molar-refractivity contribution < 1.29 is 19.1 Å². The van der Waals surface area contributed by atoms with Gasteiger partial charge in [-0.05, 0) is 82.6 Å². The van der Waals surface area contributed by atoms with Crippen molar-refractivity contribution in [2.45, 2.75) is 52.1 Å². The first-order chi connectivity index (χ1) is 18.1. The Morgan fingerprint density at radius 2 is 1.63 bits per heavy atom. The van der Waals surface area contributed by atoms with Crippen molar-refractivity contribution >= 4 is 28.8 Å². The van der Waals surface area contributed by atoms with Crippen LogP contribution in [0.3, 0.4) is 0 Å². The highest BCUT2D eigenvalue weighted by Gasteiger charge is 2.24. The van der Waals surface area contributed by atoms with Gasteiger partial charge >= 0.3 is 6.09 Å². The summed E-state index contributed by atoms with van der Waals surface area (Å²) in [5.74, 6) is 0.0438. The van der Waals surface area contributed by atoms with Crippen molar-refractivity contribution in [2.24, 2.45) is 17.6 Å². The van der Waals surface area contributed by atoms with Crippen LogP contribution in [-0.2, 0) is 4.74 Å². The maximum atomic E-state index is 13.3. The lowest BCUT2D eigenvalue weighted by atomic mass is 9.82. The topological polar surface area (TPSA) is 136 Å². The zero-order valence-electron chi connectivity index (χ0n) is 22.1. The summed E-state index contributed by atoms with van der Waals surface area (Å²) in [5.41, 5.74) is 7.48. The fourth-order valence-corrected chi connectivity index (χ4v) is 4.72. The number of rotatable bonds is 7. The molecule has 0 saturated heterocycles. The fraction of sp³-hybridized carbons (Fsp3) is 0.414. The molecule has 3 aromatic rings. The van der Waals surface area contributed by atoms with Crippen LogP contribution in [0, 0.1) is 11.8 Å². The third kappa shape index (κ3) is 7.06. The number of para-hydroxylation sites is 1. The summed E-state index contributed by atoms with van der Waals surface area (Å²) in [6.45, 7) is 6.74. The Bertz CT molecular complexity index is 1310. The normalized spacial score (nSPS) is 17.6. The van der Waals surface area contributed by atoms with Crippen molar-refractivity contribution in [3.8, 4) is 11.3 Å². The van der Waals surface area contributed by atoms with E-state index in [0.29, 0.717) is 47.3 Å². The number of fused-ring (bicyclic) bond motifs is 1. The molecule has 0 bridgehead atoms. The SMILES string of the molecule is CC(C)(C)OC(=O)NCC1CCC(CNC(=O)c2cc(-c3ccc(C(N)=O)nc3)nc3ccccc23)CC1. The maximum Gasteiger partial charge on any atom is 0.407 e. The number of ether oxygens (including phenoxy) is 1. The van der Waals surface area contributed by atoms with Gasteiger partial charge in [-0.25, -0.2) is 9.78 Å². The lowest BCUT2D eigenvalue weighted by molar-refractivity contribution is 0.0512. The number of nitrogens with two attached hydrogens (primary N) is 1. The molecule has 9 nitrogen and oxygen atoms in total. The van der Waals surface area contributed by atoms with Crippen LogP contribution >= 0.6 is 0 Å². The number of nitrogens with zero attached hydrogens (tertiary/aromatic N) is 2. The minimum absolute atomic E-state index is 0.153. The van der Waals surface area contributed by atoms with E-state index >= 15 is 0 Å². The van der Waals surface area contributed by atoms with Gasteiger partial charge in [0.15, 0.2) is 0 Å². The summed E-state index contributed by atoms with van der Waals surface area (Å²) >= 11 is 0. The first kappa shape index (κ1) is 27.0. The fourth-order valence-electron chi connectivity index (χ4n) is 4.72. The first-order valence-corrected chi connectivity index (χ1v) is 13.0. The summed E-state index contributed by atoms with van der Waals surface area (Å²) in [4.78, 5) is 45.4. The number of benzene rings is 1. The number of carbonyl (C=O) groups excluding carboxylic acids is 3. The van der Waals surface area contributed by atoms with Crippen molar-refractivity contribution in [3.05, 3.63) is 59.9 Å². The predicted octanol–water partition coefficient (Wildman–Crippen LogP) is 4.46. The standard InChI is InChI=1S/C29H35N5O4/c1-29(2,3)38-28(37)33-16-19-10-8-18(9-11-19)15-32-27(36)22-14-25(34-23-7-5-4-6-21(22)23)20-12-13-24(26(30)35)31-17-20/h4-7,12-14,17-19H,8-11,15-16H2,1-3H3,(H2,30,35)(H,32,36)(H,33,37). The number of aromatic nitrogens is 2. The van der Waals surface area contributed by atoms with E-state index in [1.165, 1.54) is 6.20 Å². The van der Waals surface area contributed by atoms with E-state index < -0.39 is 11.5 Å². The highest BCUT2D eigenvalue weighted by atomic mass is 16.6. The molecule has 2 aromatic heterocycles. The number of alkyl carbamates (subject to hydrolysis) is 1. The second kappa shape index (κ2) is 11.6. The van der Waals surface area contributed by atoms with Crippen molar-refractivity contribution in [2.75, 3.05) is 13.1 Å². The number of carbonyl (C=O) groups is 3. The average molecular weight is 518 g/mol. The molecule has 0 spiro atoms. The van der Waals surface area contributed by atoms with Crippen LogP contribution in [0.5, 0.6) is 0 Å². The summed E-state index contributed by atoms with van der Waals surface area (Å²) in [7, 11) is 0. The van der Waals surface area contributed by atoms with Crippen LogP contribution in [0.4, 0.5) is 4.79 Å². The molecule has 0 atom stereocenters. The third-order valence-corrected chi connectivity index (χ3v) is 6.72. The van der Waals surface area contributed by atoms with E-state index in [2.05, 4.69) is 15.6 Å². The van der Waals surface area contributed by atoms with Crippen LogP contribution in [0.25, 0.3) is 22.2 Å². The maximum absolute atomic E-state index is 13.3. The van der Waals surface area contributed by atoms with E-state index in [0.717, 1.165) is 31.1 Å². The summed E-state index contributed by atoms with van der Waals surface area (Å²) < 4.78 is 5.31.